The molecule has 0 aliphatic carbocycles. The molecule has 1 atom stereocenters. The Hall–Kier alpha value is -3.32. The van der Waals surface area contributed by atoms with Crippen LogP contribution < -0.4 is 10.1 Å². The number of ether oxygens (including phenoxy) is 2. The molecule has 7 heteroatoms. The van der Waals surface area contributed by atoms with E-state index in [9.17, 15) is 9.59 Å². The molecule has 1 aromatic heterocycles. The summed E-state index contributed by atoms with van der Waals surface area (Å²) in [4.78, 5) is 29.2. The number of carbonyl (C=O) groups excluding carboxylic acids is 2. The summed E-state index contributed by atoms with van der Waals surface area (Å²) in [6.45, 7) is 6.41. The van der Waals surface area contributed by atoms with Gasteiger partial charge < -0.3 is 19.7 Å². The zero-order valence-electron chi connectivity index (χ0n) is 22.9. The number of rotatable bonds is 13. The summed E-state index contributed by atoms with van der Waals surface area (Å²) in [6.07, 6.45) is 4.39. The van der Waals surface area contributed by atoms with E-state index in [2.05, 4.69) is 29.6 Å². The van der Waals surface area contributed by atoms with E-state index in [4.69, 9.17) is 9.47 Å². The average Bonchev–Trinajstić information content (AvgIpc) is 3.40. The van der Waals surface area contributed by atoms with Gasteiger partial charge in [-0.25, -0.2) is 4.79 Å². The predicted molar refractivity (Wildman–Crippen MR) is 154 cm³/mol. The van der Waals surface area contributed by atoms with Gasteiger partial charge in [-0.05, 0) is 81.3 Å². The van der Waals surface area contributed by atoms with E-state index in [0.717, 1.165) is 37.0 Å². The monoisotopic (exact) mass is 536 g/mol. The summed E-state index contributed by atoms with van der Waals surface area (Å²) < 4.78 is 10.8. The Morgan fingerprint density at radius 1 is 0.947 bits per heavy atom. The fourth-order valence-electron chi connectivity index (χ4n) is 4.22. The van der Waals surface area contributed by atoms with Gasteiger partial charge in [-0.2, -0.15) is 0 Å². The number of methoxy groups -OCH3 is 1. The molecule has 0 saturated heterocycles. The normalized spacial score (nSPS) is 12.0. The zero-order chi connectivity index (χ0) is 27.4. The average molecular weight is 537 g/mol. The lowest BCUT2D eigenvalue weighted by molar-refractivity contribution is 0.0472. The Balaban J connectivity index is 1.69. The lowest BCUT2D eigenvalue weighted by Gasteiger charge is -2.29. The zero-order valence-corrected chi connectivity index (χ0v) is 23.8. The van der Waals surface area contributed by atoms with Gasteiger partial charge in [-0.3, -0.25) is 4.79 Å². The van der Waals surface area contributed by atoms with Gasteiger partial charge in [0.25, 0.3) is 5.91 Å². The van der Waals surface area contributed by atoms with E-state index in [1.165, 1.54) is 5.56 Å². The highest BCUT2D eigenvalue weighted by atomic mass is 32.1. The Kier molecular flexibility index (Phi) is 11.2. The van der Waals surface area contributed by atoms with Crippen LogP contribution in [0.4, 0.5) is 4.79 Å². The largest absolute Gasteiger partial charge is 0.497 e. The maximum Gasteiger partial charge on any atom is 0.407 e. The van der Waals surface area contributed by atoms with Crippen molar-refractivity contribution in [3.8, 4) is 5.75 Å². The van der Waals surface area contributed by atoms with Crippen molar-refractivity contribution in [1.82, 2.24) is 10.2 Å². The molecule has 6 nitrogen and oxygen atoms in total. The fraction of sp³-hybridized carbons (Fsp3) is 0.419. The van der Waals surface area contributed by atoms with Crippen LogP contribution in [-0.2, 0) is 17.7 Å². The topological polar surface area (TPSA) is 67.9 Å². The molecule has 0 spiro atoms. The first-order valence-electron chi connectivity index (χ1n) is 13.2. The van der Waals surface area contributed by atoms with Crippen LogP contribution in [0.1, 0.15) is 67.3 Å². The second kappa shape index (κ2) is 14.6. The Labute approximate surface area is 231 Å². The maximum absolute atomic E-state index is 13.6. The molecule has 3 aromatic rings. The second-order valence-corrected chi connectivity index (χ2v) is 11.5. The summed E-state index contributed by atoms with van der Waals surface area (Å²) in [5.41, 5.74) is 1.32. The molecule has 0 saturated carbocycles. The van der Waals surface area contributed by atoms with E-state index < -0.39 is 11.7 Å². The summed E-state index contributed by atoms with van der Waals surface area (Å²) >= 11 is 1.62. The number of nitrogens with one attached hydrogen (secondary N) is 1. The number of unbranched alkanes of at least 4 members (excludes halogenated alkanes) is 2. The number of hydrogen-bond donors (Lipinski definition) is 1. The van der Waals surface area contributed by atoms with Crippen molar-refractivity contribution >= 4 is 23.3 Å². The Morgan fingerprint density at radius 3 is 2.32 bits per heavy atom. The number of aryl methyl sites for hydroxylation is 1. The molecule has 0 aliphatic rings. The molecule has 2 amide bonds. The SMILES string of the molecule is COc1ccc(C(=O)N(Cc2cccs2)C[C@H](CCCCCc2ccccc2)NC(=O)OC(C)(C)C)cc1. The van der Waals surface area contributed by atoms with Crippen LogP contribution in [-0.4, -0.2) is 42.2 Å². The number of thiophene rings is 1. The van der Waals surface area contributed by atoms with E-state index in [1.807, 2.05) is 49.3 Å². The number of nitrogens with zero attached hydrogens (tertiary/aromatic N) is 1. The van der Waals surface area contributed by atoms with Crippen molar-refractivity contribution < 1.29 is 19.1 Å². The molecule has 0 unspecified atom stereocenters. The first-order valence-corrected chi connectivity index (χ1v) is 14.1. The molecule has 2 aromatic carbocycles. The van der Waals surface area contributed by atoms with E-state index in [0.29, 0.717) is 24.4 Å². The molecule has 0 bridgehead atoms. The summed E-state index contributed by atoms with van der Waals surface area (Å²) in [5, 5.41) is 5.05. The lowest BCUT2D eigenvalue weighted by atomic mass is 10.0. The van der Waals surface area contributed by atoms with Gasteiger partial charge >= 0.3 is 6.09 Å². The van der Waals surface area contributed by atoms with Crippen molar-refractivity contribution in [3.05, 3.63) is 88.1 Å². The van der Waals surface area contributed by atoms with Gasteiger partial charge in [0.05, 0.1) is 13.7 Å². The minimum absolute atomic E-state index is 0.0823. The van der Waals surface area contributed by atoms with Gasteiger partial charge in [-0.1, -0.05) is 49.2 Å². The summed E-state index contributed by atoms with van der Waals surface area (Å²) in [6, 6.07) is 21.4. The highest BCUT2D eigenvalue weighted by molar-refractivity contribution is 7.09. The van der Waals surface area contributed by atoms with Crippen molar-refractivity contribution in [2.45, 2.75) is 71.1 Å². The predicted octanol–water partition coefficient (Wildman–Crippen LogP) is 7.10. The maximum atomic E-state index is 13.6. The molecule has 0 fully saturated rings. The number of benzene rings is 2. The highest BCUT2D eigenvalue weighted by Gasteiger charge is 2.24. The minimum atomic E-state index is -0.597. The lowest BCUT2D eigenvalue weighted by Crippen LogP contribution is -2.47. The summed E-state index contributed by atoms with van der Waals surface area (Å²) in [7, 11) is 1.60. The number of carbonyl (C=O) groups is 2. The highest BCUT2D eigenvalue weighted by Crippen LogP contribution is 2.19. The third-order valence-electron chi connectivity index (χ3n) is 6.07. The standard InChI is InChI=1S/C31H40N2O4S/c1-31(2,3)37-30(35)32-26(15-10-6-9-14-24-12-7-5-8-13-24)22-33(23-28-16-11-21-38-28)29(34)25-17-19-27(36-4)20-18-25/h5,7-8,11-13,16-21,26H,6,9-10,14-15,22-23H2,1-4H3,(H,32,35)/t26-/m0/s1. The quantitative estimate of drug-likeness (QED) is 0.237. The number of hydrogen-bond acceptors (Lipinski definition) is 5. The molecule has 0 radical (unpaired) electrons. The third kappa shape index (κ3) is 10.2. The minimum Gasteiger partial charge on any atom is -0.497 e. The number of alkyl carbamates (subject to hydrolysis) is 1. The van der Waals surface area contributed by atoms with Gasteiger partial charge in [0.15, 0.2) is 0 Å². The van der Waals surface area contributed by atoms with Gasteiger partial charge in [0.2, 0.25) is 0 Å². The molecule has 3 rings (SSSR count). The van der Waals surface area contributed by atoms with Crippen LogP contribution in [0.5, 0.6) is 5.75 Å². The van der Waals surface area contributed by atoms with E-state index >= 15 is 0 Å². The molecule has 204 valence electrons. The number of amides is 2. The van der Waals surface area contributed by atoms with Crippen LogP contribution in [0, 0.1) is 0 Å². The molecule has 1 N–H and O–H groups in total. The smallest absolute Gasteiger partial charge is 0.407 e. The first-order chi connectivity index (χ1) is 18.2. The van der Waals surface area contributed by atoms with Crippen LogP contribution in [0.2, 0.25) is 0 Å². The Bertz CT molecular complexity index is 1110. The van der Waals surface area contributed by atoms with Gasteiger partial charge in [-0.15, -0.1) is 11.3 Å². The Morgan fingerprint density at radius 2 is 1.68 bits per heavy atom. The van der Waals surface area contributed by atoms with Gasteiger partial charge in [0.1, 0.15) is 11.4 Å². The third-order valence-corrected chi connectivity index (χ3v) is 6.93. The van der Waals surface area contributed by atoms with Crippen molar-refractivity contribution in [2.24, 2.45) is 0 Å². The van der Waals surface area contributed by atoms with Gasteiger partial charge in [0, 0.05) is 23.0 Å². The molecular formula is C31H40N2O4S. The van der Waals surface area contributed by atoms with Crippen molar-refractivity contribution in [2.75, 3.05) is 13.7 Å². The second-order valence-electron chi connectivity index (χ2n) is 10.4. The molecular weight excluding hydrogens is 496 g/mol. The first kappa shape index (κ1) is 29.2. The van der Waals surface area contributed by atoms with Crippen LogP contribution in [0.25, 0.3) is 0 Å². The van der Waals surface area contributed by atoms with Crippen LogP contribution >= 0.6 is 11.3 Å². The van der Waals surface area contributed by atoms with E-state index in [1.54, 1.807) is 42.7 Å². The van der Waals surface area contributed by atoms with Crippen LogP contribution in [0.15, 0.2) is 72.1 Å². The summed E-state index contributed by atoms with van der Waals surface area (Å²) in [5.74, 6) is 0.618. The van der Waals surface area contributed by atoms with Crippen molar-refractivity contribution in [1.29, 1.82) is 0 Å². The fourth-order valence-corrected chi connectivity index (χ4v) is 4.94. The van der Waals surface area contributed by atoms with Crippen molar-refractivity contribution in [3.63, 3.8) is 0 Å². The molecule has 0 aliphatic heterocycles. The molecule has 1 heterocycles. The van der Waals surface area contributed by atoms with E-state index in [-0.39, 0.29) is 11.9 Å². The van der Waals surface area contributed by atoms with Crippen LogP contribution in [0.3, 0.4) is 0 Å². The molecule has 38 heavy (non-hydrogen) atoms.